The summed E-state index contributed by atoms with van der Waals surface area (Å²) >= 11 is 0. The van der Waals surface area contributed by atoms with Gasteiger partial charge in [-0.3, -0.25) is 4.79 Å². The highest BCUT2D eigenvalue weighted by atomic mass is 16.1. The Hall–Kier alpha value is -0.370. The Kier molecular flexibility index (Phi) is 3.79. The van der Waals surface area contributed by atoms with E-state index in [1.807, 2.05) is 0 Å². The fourth-order valence-corrected chi connectivity index (χ4v) is 3.00. The standard InChI is InChI=1S/C13H23NO/c1-11-9-14(8-7-13(11)15)10-12-5-3-2-4-6-12/h11-12H,2-10H2,1H3. The highest BCUT2D eigenvalue weighted by molar-refractivity contribution is 5.81. The molecule has 0 spiro atoms. The monoisotopic (exact) mass is 209 g/mol. The molecule has 1 aliphatic carbocycles. The van der Waals surface area contributed by atoms with Crippen LogP contribution in [0.25, 0.3) is 0 Å². The van der Waals surface area contributed by atoms with Gasteiger partial charge in [-0.15, -0.1) is 0 Å². The van der Waals surface area contributed by atoms with Gasteiger partial charge in [-0.1, -0.05) is 26.2 Å². The third-order valence-electron chi connectivity index (χ3n) is 4.00. The average Bonchev–Trinajstić information content (AvgIpc) is 2.25. The quantitative estimate of drug-likeness (QED) is 0.696. The van der Waals surface area contributed by atoms with Crippen LogP contribution in [0.2, 0.25) is 0 Å². The molecular weight excluding hydrogens is 186 g/mol. The van der Waals surface area contributed by atoms with Gasteiger partial charge in [0.25, 0.3) is 0 Å². The molecule has 0 N–H and O–H groups in total. The molecule has 1 aliphatic heterocycles. The third-order valence-corrected chi connectivity index (χ3v) is 4.00. The van der Waals surface area contributed by atoms with Crippen LogP contribution >= 0.6 is 0 Å². The molecule has 0 radical (unpaired) electrons. The highest BCUT2D eigenvalue weighted by Crippen LogP contribution is 2.25. The summed E-state index contributed by atoms with van der Waals surface area (Å²) in [5, 5.41) is 0. The molecule has 1 atom stereocenters. The van der Waals surface area contributed by atoms with Gasteiger partial charge in [-0.05, 0) is 18.8 Å². The van der Waals surface area contributed by atoms with Gasteiger partial charge in [0.2, 0.25) is 0 Å². The number of Topliss-reactive ketones (excluding diaryl/α,β-unsaturated/α-hetero) is 1. The minimum absolute atomic E-state index is 0.280. The summed E-state index contributed by atoms with van der Waals surface area (Å²) in [7, 11) is 0. The van der Waals surface area contributed by atoms with Crippen LogP contribution in [0.3, 0.4) is 0 Å². The summed E-state index contributed by atoms with van der Waals surface area (Å²) in [4.78, 5) is 13.9. The molecule has 2 rings (SSSR count). The van der Waals surface area contributed by atoms with Crippen LogP contribution < -0.4 is 0 Å². The Labute approximate surface area is 93.0 Å². The molecule has 1 heterocycles. The maximum atomic E-state index is 11.4. The number of piperidine rings is 1. The van der Waals surface area contributed by atoms with Gasteiger partial charge in [0, 0.05) is 32.0 Å². The van der Waals surface area contributed by atoms with E-state index in [-0.39, 0.29) is 5.92 Å². The summed E-state index contributed by atoms with van der Waals surface area (Å²) in [6.07, 6.45) is 7.90. The number of likely N-dealkylation sites (tertiary alicyclic amines) is 1. The van der Waals surface area contributed by atoms with E-state index < -0.39 is 0 Å². The van der Waals surface area contributed by atoms with Gasteiger partial charge in [-0.25, -0.2) is 0 Å². The molecule has 0 amide bonds. The minimum atomic E-state index is 0.280. The number of hydrogen-bond donors (Lipinski definition) is 0. The highest BCUT2D eigenvalue weighted by Gasteiger charge is 2.25. The molecule has 1 saturated carbocycles. The van der Waals surface area contributed by atoms with Crippen molar-refractivity contribution in [2.45, 2.75) is 45.4 Å². The first-order valence-corrected chi connectivity index (χ1v) is 6.51. The largest absolute Gasteiger partial charge is 0.302 e. The maximum absolute atomic E-state index is 11.4. The lowest BCUT2D eigenvalue weighted by Crippen LogP contribution is -2.42. The van der Waals surface area contributed by atoms with Crippen LogP contribution in [0.4, 0.5) is 0 Å². The zero-order chi connectivity index (χ0) is 10.7. The molecule has 0 aromatic rings. The third kappa shape index (κ3) is 3.04. The van der Waals surface area contributed by atoms with Gasteiger partial charge < -0.3 is 4.90 Å². The Morgan fingerprint density at radius 3 is 2.67 bits per heavy atom. The molecule has 0 bridgehead atoms. The van der Waals surface area contributed by atoms with Crippen molar-refractivity contribution in [3.8, 4) is 0 Å². The van der Waals surface area contributed by atoms with Crippen LogP contribution in [0.1, 0.15) is 45.4 Å². The molecule has 2 fully saturated rings. The van der Waals surface area contributed by atoms with Crippen molar-refractivity contribution in [2.24, 2.45) is 11.8 Å². The SMILES string of the molecule is CC1CN(CC2CCCCC2)CCC1=O. The molecule has 1 unspecified atom stereocenters. The fourth-order valence-electron chi connectivity index (χ4n) is 3.00. The molecule has 1 saturated heterocycles. The Bertz CT molecular complexity index is 221. The molecule has 86 valence electrons. The first-order valence-electron chi connectivity index (χ1n) is 6.51. The summed E-state index contributed by atoms with van der Waals surface area (Å²) in [5.74, 6) is 1.66. The molecule has 2 heteroatoms. The van der Waals surface area contributed by atoms with Gasteiger partial charge >= 0.3 is 0 Å². The van der Waals surface area contributed by atoms with Gasteiger partial charge in [0.1, 0.15) is 5.78 Å². The topological polar surface area (TPSA) is 20.3 Å². The summed E-state index contributed by atoms with van der Waals surface area (Å²) in [5.41, 5.74) is 0. The lowest BCUT2D eigenvalue weighted by Gasteiger charge is -2.34. The van der Waals surface area contributed by atoms with Gasteiger partial charge in [-0.2, -0.15) is 0 Å². The molecule has 0 aromatic carbocycles. The van der Waals surface area contributed by atoms with E-state index >= 15 is 0 Å². The second kappa shape index (κ2) is 5.11. The number of nitrogens with zero attached hydrogens (tertiary/aromatic N) is 1. The van der Waals surface area contributed by atoms with Crippen molar-refractivity contribution in [2.75, 3.05) is 19.6 Å². The van der Waals surface area contributed by atoms with Gasteiger partial charge in [0.15, 0.2) is 0 Å². The van der Waals surface area contributed by atoms with E-state index in [1.54, 1.807) is 0 Å². The molecule has 15 heavy (non-hydrogen) atoms. The lowest BCUT2D eigenvalue weighted by molar-refractivity contribution is -0.125. The van der Waals surface area contributed by atoms with E-state index in [0.29, 0.717) is 5.78 Å². The Balaban J connectivity index is 1.76. The number of hydrogen-bond acceptors (Lipinski definition) is 2. The zero-order valence-electron chi connectivity index (χ0n) is 9.87. The Morgan fingerprint density at radius 1 is 1.27 bits per heavy atom. The minimum Gasteiger partial charge on any atom is -0.302 e. The predicted molar refractivity (Wildman–Crippen MR) is 61.8 cm³/mol. The number of rotatable bonds is 2. The smallest absolute Gasteiger partial charge is 0.138 e. The second-order valence-corrected chi connectivity index (χ2v) is 5.38. The number of ketones is 1. The van der Waals surface area contributed by atoms with E-state index in [1.165, 1.54) is 38.6 Å². The van der Waals surface area contributed by atoms with E-state index in [9.17, 15) is 4.79 Å². The number of carbonyl (C=O) groups is 1. The second-order valence-electron chi connectivity index (χ2n) is 5.38. The zero-order valence-corrected chi connectivity index (χ0v) is 9.87. The summed E-state index contributed by atoms with van der Waals surface area (Å²) in [6, 6.07) is 0. The van der Waals surface area contributed by atoms with Gasteiger partial charge in [0.05, 0.1) is 0 Å². The molecule has 2 nitrogen and oxygen atoms in total. The van der Waals surface area contributed by atoms with Crippen molar-refractivity contribution < 1.29 is 4.79 Å². The van der Waals surface area contributed by atoms with Crippen LogP contribution in [0, 0.1) is 11.8 Å². The maximum Gasteiger partial charge on any atom is 0.138 e. The lowest BCUT2D eigenvalue weighted by atomic mass is 9.88. The molecule has 0 aromatic heterocycles. The predicted octanol–water partition coefficient (Wildman–Crippen LogP) is 2.48. The van der Waals surface area contributed by atoms with Crippen LogP contribution in [-0.4, -0.2) is 30.3 Å². The Morgan fingerprint density at radius 2 is 2.00 bits per heavy atom. The summed E-state index contributed by atoms with van der Waals surface area (Å²) < 4.78 is 0. The fraction of sp³-hybridized carbons (Fsp3) is 0.923. The van der Waals surface area contributed by atoms with E-state index in [0.717, 1.165) is 25.4 Å². The van der Waals surface area contributed by atoms with Crippen LogP contribution in [-0.2, 0) is 4.79 Å². The molecular formula is C13H23NO. The van der Waals surface area contributed by atoms with Crippen molar-refractivity contribution in [3.05, 3.63) is 0 Å². The van der Waals surface area contributed by atoms with Crippen molar-refractivity contribution in [3.63, 3.8) is 0 Å². The van der Waals surface area contributed by atoms with E-state index in [4.69, 9.17) is 0 Å². The average molecular weight is 209 g/mol. The molecule has 2 aliphatic rings. The van der Waals surface area contributed by atoms with Crippen molar-refractivity contribution >= 4 is 5.78 Å². The van der Waals surface area contributed by atoms with E-state index in [2.05, 4.69) is 11.8 Å². The first-order chi connectivity index (χ1) is 7.25. The number of carbonyl (C=O) groups excluding carboxylic acids is 1. The summed E-state index contributed by atoms with van der Waals surface area (Å²) in [6.45, 7) is 5.35. The van der Waals surface area contributed by atoms with Crippen LogP contribution in [0.5, 0.6) is 0 Å². The van der Waals surface area contributed by atoms with Crippen molar-refractivity contribution in [1.29, 1.82) is 0 Å². The van der Waals surface area contributed by atoms with Crippen LogP contribution in [0.15, 0.2) is 0 Å². The van der Waals surface area contributed by atoms with Crippen molar-refractivity contribution in [1.82, 2.24) is 4.90 Å². The first kappa shape index (κ1) is 11.1. The normalized spacial score (nSPS) is 30.7.